The molecule has 0 saturated carbocycles. The Kier molecular flexibility index (Phi) is 7.39. The Morgan fingerprint density at radius 2 is 1.72 bits per heavy atom. The van der Waals surface area contributed by atoms with Crippen molar-refractivity contribution in [3.05, 3.63) is 97.0 Å². The third-order valence-electron chi connectivity index (χ3n) is 3.73. The Labute approximate surface area is 186 Å². The largest absolute Gasteiger partial charge is 0.391 e. The van der Waals surface area contributed by atoms with E-state index in [1.54, 1.807) is 42.5 Å². The highest BCUT2D eigenvalue weighted by Gasteiger charge is 2.15. The van der Waals surface area contributed by atoms with Crippen LogP contribution in [0.1, 0.15) is 11.1 Å². The van der Waals surface area contributed by atoms with E-state index in [9.17, 15) is 10.1 Å². The van der Waals surface area contributed by atoms with Crippen LogP contribution in [0.25, 0.3) is 0 Å². The van der Waals surface area contributed by atoms with Crippen LogP contribution >= 0.6 is 46.6 Å². The van der Waals surface area contributed by atoms with Crippen molar-refractivity contribution in [2.45, 2.75) is 16.4 Å². The number of rotatable bonds is 7. The molecular formula is C20H13Cl3N2O3S. The molecule has 0 atom stereocenters. The van der Waals surface area contributed by atoms with Gasteiger partial charge >= 0.3 is 0 Å². The van der Waals surface area contributed by atoms with Crippen LogP contribution in [0.2, 0.25) is 15.1 Å². The van der Waals surface area contributed by atoms with Crippen LogP contribution in [0.4, 0.5) is 5.69 Å². The summed E-state index contributed by atoms with van der Waals surface area (Å²) in [6.07, 6.45) is 1.41. The minimum Gasteiger partial charge on any atom is -0.391 e. The first kappa shape index (κ1) is 21.5. The van der Waals surface area contributed by atoms with Crippen molar-refractivity contribution in [3.63, 3.8) is 0 Å². The number of halogens is 3. The molecule has 9 heteroatoms. The van der Waals surface area contributed by atoms with Gasteiger partial charge in [0.15, 0.2) is 0 Å². The summed E-state index contributed by atoms with van der Waals surface area (Å²) in [4.78, 5) is 17.6. The summed E-state index contributed by atoms with van der Waals surface area (Å²) in [5.41, 5.74) is 1.25. The quantitative estimate of drug-likeness (QED) is 0.208. The van der Waals surface area contributed by atoms with E-state index in [1.165, 1.54) is 24.0 Å². The summed E-state index contributed by atoms with van der Waals surface area (Å²) in [6, 6.07) is 17.0. The van der Waals surface area contributed by atoms with Gasteiger partial charge in [-0.1, -0.05) is 63.9 Å². The molecule has 5 nitrogen and oxygen atoms in total. The van der Waals surface area contributed by atoms with Crippen molar-refractivity contribution in [1.29, 1.82) is 0 Å². The normalized spacial score (nSPS) is 11.0. The van der Waals surface area contributed by atoms with Gasteiger partial charge in [-0.2, -0.15) is 0 Å². The molecule has 0 fully saturated rings. The summed E-state index contributed by atoms with van der Waals surface area (Å²) in [5.74, 6) is 0. The standard InChI is InChI=1S/C20H13Cl3N2O3S/c21-15-4-6-17(7-5-15)29-20-8-1-13(9-19(20)25(26)27)11-24-28-12-14-2-3-16(22)10-18(14)23/h1-11H,12H2/b24-11-. The summed E-state index contributed by atoms with van der Waals surface area (Å²) in [7, 11) is 0. The molecule has 3 aromatic rings. The Balaban J connectivity index is 1.69. The molecular weight excluding hydrogens is 455 g/mol. The van der Waals surface area contributed by atoms with Crippen LogP contribution in [-0.4, -0.2) is 11.1 Å². The Bertz CT molecular complexity index is 1060. The topological polar surface area (TPSA) is 64.7 Å². The van der Waals surface area contributed by atoms with Crippen LogP contribution in [0, 0.1) is 10.1 Å². The van der Waals surface area contributed by atoms with Gasteiger partial charge < -0.3 is 4.84 Å². The Morgan fingerprint density at radius 3 is 2.41 bits per heavy atom. The van der Waals surface area contributed by atoms with Gasteiger partial charge in [-0.15, -0.1) is 0 Å². The van der Waals surface area contributed by atoms with E-state index in [4.69, 9.17) is 39.6 Å². The van der Waals surface area contributed by atoms with Gasteiger partial charge in [0.05, 0.1) is 16.0 Å². The van der Waals surface area contributed by atoms with Gasteiger partial charge in [-0.25, -0.2) is 0 Å². The molecule has 0 unspecified atom stereocenters. The maximum atomic E-state index is 11.5. The molecule has 0 spiro atoms. The maximum absolute atomic E-state index is 11.5. The van der Waals surface area contributed by atoms with Gasteiger partial charge in [-0.05, 0) is 42.5 Å². The zero-order valence-electron chi connectivity index (χ0n) is 14.7. The molecule has 148 valence electrons. The lowest BCUT2D eigenvalue weighted by Crippen LogP contribution is -1.94. The minimum atomic E-state index is -0.427. The second-order valence-electron chi connectivity index (χ2n) is 5.78. The van der Waals surface area contributed by atoms with Gasteiger partial charge in [-0.3, -0.25) is 10.1 Å². The van der Waals surface area contributed by atoms with E-state index in [0.29, 0.717) is 25.5 Å². The first-order chi connectivity index (χ1) is 13.9. The maximum Gasteiger partial charge on any atom is 0.283 e. The lowest BCUT2D eigenvalue weighted by molar-refractivity contribution is -0.387. The molecule has 3 aromatic carbocycles. The first-order valence-electron chi connectivity index (χ1n) is 8.23. The lowest BCUT2D eigenvalue weighted by atomic mass is 10.2. The molecule has 0 amide bonds. The lowest BCUT2D eigenvalue weighted by Gasteiger charge is -2.05. The average Bonchev–Trinajstić information content (AvgIpc) is 2.69. The van der Waals surface area contributed by atoms with Crippen molar-refractivity contribution in [2.75, 3.05) is 0 Å². The van der Waals surface area contributed by atoms with Gasteiger partial charge in [0.25, 0.3) is 5.69 Å². The molecule has 0 aromatic heterocycles. The monoisotopic (exact) mass is 466 g/mol. The van der Waals surface area contributed by atoms with Gasteiger partial charge in [0, 0.05) is 37.2 Å². The van der Waals surface area contributed by atoms with Crippen LogP contribution in [-0.2, 0) is 11.4 Å². The van der Waals surface area contributed by atoms with Gasteiger partial charge in [0.1, 0.15) is 6.61 Å². The number of hydrogen-bond acceptors (Lipinski definition) is 5. The highest BCUT2D eigenvalue weighted by Crippen LogP contribution is 2.35. The molecule has 0 aliphatic heterocycles. The van der Waals surface area contributed by atoms with Crippen LogP contribution in [0.3, 0.4) is 0 Å². The SMILES string of the molecule is O=[N+]([O-])c1cc(/C=N\OCc2ccc(Cl)cc2Cl)ccc1Sc1ccc(Cl)cc1. The van der Waals surface area contributed by atoms with E-state index in [-0.39, 0.29) is 12.3 Å². The van der Waals surface area contributed by atoms with E-state index < -0.39 is 4.92 Å². The molecule has 0 saturated heterocycles. The molecule has 0 bridgehead atoms. The fourth-order valence-electron chi connectivity index (χ4n) is 2.32. The summed E-state index contributed by atoms with van der Waals surface area (Å²) >= 11 is 19.1. The van der Waals surface area contributed by atoms with E-state index in [0.717, 1.165) is 10.5 Å². The third kappa shape index (κ3) is 6.11. The number of oxime groups is 1. The summed E-state index contributed by atoms with van der Waals surface area (Å²) < 4.78 is 0. The molecule has 0 N–H and O–H groups in total. The van der Waals surface area contributed by atoms with E-state index in [2.05, 4.69) is 5.16 Å². The fraction of sp³-hybridized carbons (Fsp3) is 0.0500. The van der Waals surface area contributed by atoms with Gasteiger partial charge in [0.2, 0.25) is 0 Å². The van der Waals surface area contributed by atoms with Crippen molar-refractivity contribution in [2.24, 2.45) is 5.16 Å². The van der Waals surface area contributed by atoms with Crippen molar-refractivity contribution in [1.82, 2.24) is 0 Å². The average molecular weight is 468 g/mol. The van der Waals surface area contributed by atoms with Crippen molar-refractivity contribution in [3.8, 4) is 0 Å². The molecule has 0 aliphatic rings. The molecule has 3 rings (SSSR count). The van der Waals surface area contributed by atoms with Crippen LogP contribution < -0.4 is 0 Å². The van der Waals surface area contributed by atoms with E-state index >= 15 is 0 Å². The predicted octanol–water partition coefficient (Wildman–Crippen LogP) is 7.26. The minimum absolute atomic E-state index is 0.0188. The third-order valence-corrected chi connectivity index (χ3v) is 5.64. The molecule has 0 aliphatic carbocycles. The van der Waals surface area contributed by atoms with E-state index in [1.807, 2.05) is 12.1 Å². The highest BCUT2D eigenvalue weighted by atomic mass is 35.5. The second-order valence-corrected chi connectivity index (χ2v) is 8.18. The van der Waals surface area contributed by atoms with Crippen LogP contribution in [0.5, 0.6) is 0 Å². The zero-order chi connectivity index (χ0) is 20.8. The highest BCUT2D eigenvalue weighted by molar-refractivity contribution is 7.99. The fourth-order valence-corrected chi connectivity index (χ4v) is 3.81. The number of benzene rings is 3. The smallest absolute Gasteiger partial charge is 0.283 e. The number of hydrogen-bond donors (Lipinski definition) is 0. The number of nitro groups is 1. The molecule has 0 radical (unpaired) electrons. The summed E-state index contributed by atoms with van der Waals surface area (Å²) in [5, 5.41) is 17.0. The second kappa shape index (κ2) is 9.98. The number of nitrogens with zero attached hydrogens (tertiary/aromatic N) is 2. The predicted molar refractivity (Wildman–Crippen MR) is 118 cm³/mol. The first-order valence-corrected chi connectivity index (χ1v) is 10.2. The zero-order valence-corrected chi connectivity index (χ0v) is 17.8. The summed E-state index contributed by atoms with van der Waals surface area (Å²) in [6.45, 7) is 0.152. The Morgan fingerprint density at radius 1 is 1.00 bits per heavy atom. The van der Waals surface area contributed by atoms with Crippen LogP contribution in [0.15, 0.2) is 75.6 Å². The number of nitro benzene ring substituents is 1. The van der Waals surface area contributed by atoms with Crippen molar-refractivity contribution >= 4 is 58.5 Å². The molecule has 29 heavy (non-hydrogen) atoms. The molecule has 0 heterocycles. The Hall–Kier alpha value is -2.25. The van der Waals surface area contributed by atoms with Crippen molar-refractivity contribution < 1.29 is 9.76 Å².